The molecule has 2 aromatic carbocycles. The highest BCUT2D eigenvalue weighted by Crippen LogP contribution is 2.29. The van der Waals surface area contributed by atoms with Crippen molar-refractivity contribution in [3.63, 3.8) is 0 Å². The lowest BCUT2D eigenvalue weighted by molar-refractivity contribution is 0.0993. The van der Waals surface area contributed by atoms with Crippen LogP contribution in [0.2, 0.25) is 0 Å². The number of rotatable bonds is 3. The second-order valence-corrected chi connectivity index (χ2v) is 6.15. The van der Waals surface area contributed by atoms with E-state index in [1.807, 2.05) is 48.5 Å². The van der Waals surface area contributed by atoms with Crippen molar-refractivity contribution in [1.29, 1.82) is 0 Å². The zero-order chi connectivity index (χ0) is 19.2. The number of urea groups is 1. The largest absolute Gasteiger partial charge is 0.497 e. The molecule has 1 aliphatic rings. The number of piperazine rings is 1. The molecule has 2 aromatic rings. The molecule has 0 bridgehead atoms. The molecule has 27 heavy (non-hydrogen) atoms. The Morgan fingerprint density at radius 1 is 0.889 bits per heavy atom. The van der Waals surface area contributed by atoms with Gasteiger partial charge in [0.2, 0.25) is 0 Å². The van der Waals surface area contributed by atoms with Gasteiger partial charge in [-0.2, -0.15) is 0 Å². The minimum Gasteiger partial charge on any atom is -0.497 e. The van der Waals surface area contributed by atoms with E-state index in [1.165, 1.54) is 7.11 Å². The van der Waals surface area contributed by atoms with Crippen LogP contribution in [0.25, 0.3) is 11.1 Å². The van der Waals surface area contributed by atoms with Gasteiger partial charge in [0.05, 0.1) is 19.9 Å². The number of nitrogens with zero attached hydrogens (tertiary/aromatic N) is 2. The molecule has 0 atom stereocenters. The number of benzene rings is 2. The molecule has 1 heterocycles. The van der Waals surface area contributed by atoms with Crippen LogP contribution in [0.15, 0.2) is 48.5 Å². The Morgan fingerprint density at radius 3 is 2.15 bits per heavy atom. The predicted octanol–water partition coefficient (Wildman–Crippen LogP) is 3.28. The van der Waals surface area contributed by atoms with Gasteiger partial charge in [0, 0.05) is 31.7 Å². The number of nitrogens with one attached hydrogen (secondary N) is 1. The van der Waals surface area contributed by atoms with E-state index in [4.69, 9.17) is 9.47 Å². The SMILES string of the molecule is COC(=O)N1CCN(C(=O)Nc2ccccc2-c2ccc(OC)cc2)CC1. The number of ether oxygens (including phenoxy) is 2. The quantitative estimate of drug-likeness (QED) is 0.901. The van der Waals surface area contributed by atoms with Crippen molar-refractivity contribution in [3.05, 3.63) is 48.5 Å². The maximum Gasteiger partial charge on any atom is 0.409 e. The van der Waals surface area contributed by atoms with Crippen molar-refractivity contribution in [3.8, 4) is 16.9 Å². The summed E-state index contributed by atoms with van der Waals surface area (Å²) in [5.74, 6) is 0.781. The third-order valence-electron chi connectivity index (χ3n) is 4.57. The highest BCUT2D eigenvalue weighted by atomic mass is 16.5. The number of hydrogen-bond donors (Lipinski definition) is 1. The minimum absolute atomic E-state index is 0.180. The first-order valence-corrected chi connectivity index (χ1v) is 8.74. The first-order chi connectivity index (χ1) is 13.1. The minimum atomic E-state index is -0.361. The molecule has 0 unspecified atom stereocenters. The summed E-state index contributed by atoms with van der Waals surface area (Å²) >= 11 is 0. The van der Waals surface area contributed by atoms with Crippen molar-refractivity contribution in [1.82, 2.24) is 9.80 Å². The molecule has 1 saturated heterocycles. The number of hydrogen-bond acceptors (Lipinski definition) is 4. The molecule has 0 aromatic heterocycles. The summed E-state index contributed by atoms with van der Waals surface area (Å²) in [5.41, 5.74) is 2.66. The van der Waals surface area contributed by atoms with E-state index in [9.17, 15) is 9.59 Å². The number of para-hydroxylation sites is 1. The first-order valence-electron chi connectivity index (χ1n) is 8.74. The molecule has 0 radical (unpaired) electrons. The monoisotopic (exact) mass is 369 g/mol. The van der Waals surface area contributed by atoms with Crippen molar-refractivity contribution in [2.75, 3.05) is 45.7 Å². The van der Waals surface area contributed by atoms with Crippen molar-refractivity contribution in [2.45, 2.75) is 0 Å². The summed E-state index contributed by atoms with van der Waals surface area (Å²) in [6.07, 6.45) is -0.361. The summed E-state index contributed by atoms with van der Waals surface area (Å²) in [6.45, 7) is 1.84. The molecule has 1 fully saturated rings. The fourth-order valence-corrected chi connectivity index (χ4v) is 3.03. The van der Waals surface area contributed by atoms with Crippen LogP contribution in [0, 0.1) is 0 Å². The molecular weight excluding hydrogens is 346 g/mol. The average Bonchev–Trinajstić information content (AvgIpc) is 2.73. The standard InChI is InChI=1S/C20H23N3O4/c1-26-16-9-7-15(8-10-16)17-5-3-4-6-18(17)21-19(24)22-11-13-23(14-12-22)20(25)27-2/h3-10H,11-14H2,1-2H3,(H,21,24). The van der Waals surface area contributed by atoms with Gasteiger partial charge < -0.3 is 24.6 Å². The van der Waals surface area contributed by atoms with E-state index in [1.54, 1.807) is 16.9 Å². The van der Waals surface area contributed by atoms with Crippen LogP contribution in [-0.4, -0.2) is 62.3 Å². The van der Waals surface area contributed by atoms with E-state index in [0.717, 1.165) is 22.6 Å². The van der Waals surface area contributed by atoms with Crippen LogP contribution in [0.1, 0.15) is 0 Å². The van der Waals surface area contributed by atoms with Gasteiger partial charge in [0.1, 0.15) is 5.75 Å². The van der Waals surface area contributed by atoms with E-state index in [-0.39, 0.29) is 12.1 Å². The zero-order valence-electron chi connectivity index (χ0n) is 15.5. The van der Waals surface area contributed by atoms with Gasteiger partial charge in [-0.3, -0.25) is 0 Å². The maximum absolute atomic E-state index is 12.7. The van der Waals surface area contributed by atoms with Crippen LogP contribution in [0.5, 0.6) is 5.75 Å². The average molecular weight is 369 g/mol. The smallest absolute Gasteiger partial charge is 0.409 e. The van der Waals surface area contributed by atoms with Gasteiger partial charge in [-0.1, -0.05) is 30.3 Å². The Balaban J connectivity index is 1.69. The van der Waals surface area contributed by atoms with Crippen LogP contribution in [-0.2, 0) is 4.74 Å². The predicted molar refractivity (Wildman–Crippen MR) is 103 cm³/mol. The summed E-state index contributed by atoms with van der Waals surface area (Å²) in [6, 6.07) is 15.2. The fourth-order valence-electron chi connectivity index (χ4n) is 3.03. The Morgan fingerprint density at radius 2 is 1.52 bits per heavy atom. The molecule has 0 aliphatic carbocycles. The van der Waals surface area contributed by atoms with Gasteiger partial charge >= 0.3 is 12.1 Å². The van der Waals surface area contributed by atoms with E-state index in [0.29, 0.717) is 26.2 Å². The lowest BCUT2D eigenvalue weighted by Gasteiger charge is -2.33. The fraction of sp³-hybridized carbons (Fsp3) is 0.300. The third-order valence-corrected chi connectivity index (χ3v) is 4.57. The lowest BCUT2D eigenvalue weighted by atomic mass is 10.0. The Kier molecular flexibility index (Phi) is 5.80. The molecule has 1 aliphatic heterocycles. The summed E-state index contributed by atoms with van der Waals surface area (Å²) < 4.78 is 9.92. The summed E-state index contributed by atoms with van der Waals surface area (Å²) in [7, 11) is 2.99. The van der Waals surface area contributed by atoms with Crippen LogP contribution in [0.4, 0.5) is 15.3 Å². The number of carbonyl (C=O) groups excluding carboxylic acids is 2. The third kappa shape index (κ3) is 4.31. The van der Waals surface area contributed by atoms with E-state index in [2.05, 4.69) is 5.32 Å². The van der Waals surface area contributed by atoms with Gasteiger partial charge in [-0.15, -0.1) is 0 Å². The summed E-state index contributed by atoms with van der Waals surface area (Å²) in [4.78, 5) is 27.5. The number of amides is 3. The van der Waals surface area contributed by atoms with Gasteiger partial charge in [0.25, 0.3) is 0 Å². The van der Waals surface area contributed by atoms with E-state index >= 15 is 0 Å². The molecule has 3 rings (SSSR count). The van der Waals surface area contributed by atoms with Crippen molar-refractivity contribution in [2.24, 2.45) is 0 Å². The Labute approximate surface area is 158 Å². The highest BCUT2D eigenvalue weighted by molar-refractivity contribution is 5.94. The van der Waals surface area contributed by atoms with Crippen LogP contribution < -0.4 is 10.1 Å². The molecule has 7 heteroatoms. The van der Waals surface area contributed by atoms with E-state index < -0.39 is 0 Å². The maximum atomic E-state index is 12.7. The second kappa shape index (κ2) is 8.44. The molecule has 142 valence electrons. The van der Waals surface area contributed by atoms with Crippen molar-refractivity contribution < 1.29 is 19.1 Å². The summed E-state index contributed by atoms with van der Waals surface area (Å²) in [5, 5.41) is 2.99. The highest BCUT2D eigenvalue weighted by Gasteiger charge is 2.24. The van der Waals surface area contributed by atoms with Gasteiger partial charge in [-0.25, -0.2) is 9.59 Å². The molecule has 3 amide bonds. The van der Waals surface area contributed by atoms with Gasteiger partial charge in [0.15, 0.2) is 0 Å². The normalized spacial score (nSPS) is 13.9. The molecule has 0 saturated carbocycles. The number of carbonyl (C=O) groups is 2. The zero-order valence-corrected chi connectivity index (χ0v) is 15.5. The lowest BCUT2D eigenvalue weighted by Crippen LogP contribution is -2.51. The van der Waals surface area contributed by atoms with Crippen molar-refractivity contribution >= 4 is 17.8 Å². The Bertz CT molecular complexity index is 799. The second-order valence-electron chi connectivity index (χ2n) is 6.15. The van der Waals surface area contributed by atoms with Crippen LogP contribution in [0.3, 0.4) is 0 Å². The molecular formula is C20H23N3O4. The molecule has 1 N–H and O–H groups in total. The number of methoxy groups -OCH3 is 2. The number of anilines is 1. The molecule has 0 spiro atoms. The van der Waals surface area contributed by atoms with Gasteiger partial charge in [-0.05, 0) is 23.8 Å². The molecule has 7 nitrogen and oxygen atoms in total. The topological polar surface area (TPSA) is 71.1 Å². The van der Waals surface area contributed by atoms with Crippen LogP contribution >= 0.6 is 0 Å². The Hall–Kier alpha value is -3.22. The first kappa shape index (κ1) is 18.6.